The Morgan fingerprint density at radius 2 is 2.00 bits per heavy atom. The van der Waals surface area contributed by atoms with Gasteiger partial charge in [-0.3, -0.25) is 9.36 Å². The second kappa shape index (κ2) is 12.0. The molecule has 2 aromatic heterocycles. The normalized spacial score (nSPS) is 25.1. The van der Waals surface area contributed by atoms with Crippen molar-refractivity contribution in [3.63, 3.8) is 0 Å². The summed E-state index contributed by atoms with van der Waals surface area (Å²) in [6.07, 6.45) is -2.94. The molecule has 1 aromatic carbocycles. The fourth-order valence-electron chi connectivity index (χ4n) is 4.23. The van der Waals surface area contributed by atoms with Crippen LogP contribution in [0.15, 0.2) is 36.7 Å². The standard InChI is InChI=1S/C25H34FN6O6PS/c1-14(2)36-23(34)15(3)31-39(40,38-17-10-8-7-9-11-17)35-12-18-20(33)25(5,26)24(37-18)32-13-28-19-21(27-6)29-16(4)30-22(19)32/h7-11,13-15,18,20,24,33H,12H2,1-6H3,(H,31,40)(H,27,29,30)/t15-,18+,20+,24+,25+,39?/m0/s1. The summed E-state index contributed by atoms with van der Waals surface area (Å²) in [7, 11) is 1.70. The van der Waals surface area contributed by atoms with Gasteiger partial charge in [0, 0.05) is 7.05 Å². The van der Waals surface area contributed by atoms with Crippen molar-refractivity contribution in [3.05, 3.63) is 42.5 Å². The van der Waals surface area contributed by atoms with Gasteiger partial charge in [0.15, 0.2) is 28.9 Å². The topological polar surface area (TPSA) is 142 Å². The first-order chi connectivity index (χ1) is 18.8. The Kier molecular flexibility index (Phi) is 9.08. The third kappa shape index (κ3) is 6.42. The molecule has 4 rings (SSSR count). The Morgan fingerprint density at radius 3 is 2.65 bits per heavy atom. The van der Waals surface area contributed by atoms with Crippen LogP contribution in [0, 0.1) is 6.92 Å². The van der Waals surface area contributed by atoms with E-state index in [9.17, 15) is 9.90 Å². The molecular formula is C25H34FN6O6PS. The predicted molar refractivity (Wildman–Crippen MR) is 150 cm³/mol. The lowest BCUT2D eigenvalue weighted by Gasteiger charge is -2.28. The van der Waals surface area contributed by atoms with Crippen molar-refractivity contribution in [3.8, 4) is 5.75 Å². The minimum absolute atomic E-state index is 0.329. The molecule has 218 valence electrons. The number of aliphatic hydroxyl groups excluding tert-OH is 1. The molecule has 0 amide bonds. The van der Waals surface area contributed by atoms with Crippen molar-refractivity contribution < 1.29 is 32.8 Å². The van der Waals surface area contributed by atoms with Crippen molar-refractivity contribution in [2.45, 2.75) is 70.9 Å². The molecule has 40 heavy (non-hydrogen) atoms. The summed E-state index contributed by atoms with van der Waals surface area (Å²) < 4.78 is 40.7. The smallest absolute Gasteiger partial charge is 0.323 e. The first-order valence-corrected chi connectivity index (χ1v) is 15.4. The van der Waals surface area contributed by atoms with Crippen LogP contribution in [0.5, 0.6) is 5.75 Å². The molecule has 1 fully saturated rings. The molecule has 0 radical (unpaired) electrons. The van der Waals surface area contributed by atoms with Gasteiger partial charge in [-0.15, -0.1) is 0 Å². The maximum absolute atomic E-state index is 16.0. The number of imidazole rings is 1. The van der Waals surface area contributed by atoms with Gasteiger partial charge in [-0.25, -0.2) is 24.4 Å². The highest BCUT2D eigenvalue weighted by Crippen LogP contribution is 2.48. The summed E-state index contributed by atoms with van der Waals surface area (Å²) in [6, 6.07) is 7.83. The summed E-state index contributed by atoms with van der Waals surface area (Å²) in [5.41, 5.74) is -1.47. The molecule has 0 bridgehead atoms. The molecule has 12 nitrogen and oxygen atoms in total. The van der Waals surface area contributed by atoms with E-state index in [-0.39, 0.29) is 12.7 Å². The maximum atomic E-state index is 16.0. The first kappa shape index (κ1) is 30.2. The van der Waals surface area contributed by atoms with Crippen LogP contribution in [0.1, 0.15) is 39.7 Å². The summed E-state index contributed by atoms with van der Waals surface area (Å²) in [5.74, 6) is 0.801. The number of fused-ring (bicyclic) bond motifs is 1. The number of aliphatic hydroxyl groups is 1. The van der Waals surface area contributed by atoms with Crippen molar-refractivity contribution in [2.75, 3.05) is 19.0 Å². The van der Waals surface area contributed by atoms with Crippen LogP contribution in [-0.2, 0) is 30.6 Å². The Bertz CT molecular complexity index is 1390. The molecule has 3 heterocycles. The van der Waals surface area contributed by atoms with Crippen LogP contribution in [0.3, 0.4) is 0 Å². The van der Waals surface area contributed by atoms with E-state index in [0.717, 1.165) is 0 Å². The number of nitrogens with one attached hydrogen (secondary N) is 2. The zero-order valence-electron chi connectivity index (χ0n) is 23.1. The number of carbonyl (C=O) groups is 1. The second-order valence-corrected chi connectivity index (χ2v) is 13.0. The third-order valence-electron chi connectivity index (χ3n) is 6.17. The minimum atomic E-state index is -3.43. The number of ether oxygens (including phenoxy) is 2. The zero-order valence-corrected chi connectivity index (χ0v) is 24.8. The van der Waals surface area contributed by atoms with Gasteiger partial charge in [-0.1, -0.05) is 18.2 Å². The van der Waals surface area contributed by atoms with Crippen LogP contribution in [0.4, 0.5) is 10.2 Å². The quantitative estimate of drug-likeness (QED) is 0.221. The number of hydrogen-bond donors (Lipinski definition) is 3. The number of aryl methyl sites for hydroxylation is 1. The van der Waals surface area contributed by atoms with Crippen molar-refractivity contribution in [1.82, 2.24) is 24.6 Å². The van der Waals surface area contributed by atoms with Crippen molar-refractivity contribution >= 4 is 41.4 Å². The lowest BCUT2D eigenvalue weighted by molar-refractivity contribution is -0.149. The number of halogens is 1. The van der Waals surface area contributed by atoms with E-state index in [1.807, 2.05) is 6.07 Å². The van der Waals surface area contributed by atoms with Gasteiger partial charge in [0.25, 0.3) is 0 Å². The molecule has 1 aliphatic heterocycles. The number of carbonyl (C=O) groups excluding carboxylic acids is 1. The third-order valence-corrected chi connectivity index (χ3v) is 8.67. The van der Waals surface area contributed by atoms with E-state index >= 15 is 4.39 Å². The number of nitrogens with zero attached hydrogens (tertiary/aromatic N) is 4. The molecule has 0 aliphatic carbocycles. The van der Waals surface area contributed by atoms with Gasteiger partial charge in [0.1, 0.15) is 29.8 Å². The number of alkyl halides is 1. The molecule has 1 aliphatic rings. The van der Waals surface area contributed by atoms with E-state index < -0.39 is 42.8 Å². The summed E-state index contributed by atoms with van der Waals surface area (Å²) in [6.45, 7) is 4.22. The van der Waals surface area contributed by atoms with Crippen LogP contribution in [-0.4, -0.2) is 74.3 Å². The Balaban J connectivity index is 1.56. The number of benzene rings is 1. The first-order valence-electron chi connectivity index (χ1n) is 12.7. The number of para-hydroxylation sites is 1. The molecule has 3 N–H and O–H groups in total. The second-order valence-electron chi connectivity index (χ2n) is 9.85. The molecule has 6 atom stereocenters. The lowest BCUT2D eigenvalue weighted by Crippen LogP contribution is -2.41. The maximum Gasteiger partial charge on any atom is 0.323 e. The van der Waals surface area contributed by atoms with Gasteiger partial charge < -0.3 is 28.9 Å². The number of rotatable bonds is 11. The van der Waals surface area contributed by atoms with Crippen LogP contribution in [0.25, 0.3) is 11.2 Å². The zero-order chi connectivity index (χ0) is 29.2. The van der Waals surface area contributed by atoms with Gasteiger partial charge in [-0.2, -0.15) is 0 Å². The van der Waals surface area contributed by atoms with Gasteiger partial charge in [0.2, 0.25) is 0 Å². The Labute approximate surface area is 236 Å². The molecular weight excluding hydrogens is 562 g/mol. The van der Waals surface area contributed by atoms with Crippen molar-refractivity contribution in [2.24, 2.45) is 0 Å². The van der Waals surface area contributed by atoms with E-state index in [1.54, 1.807) is 59.0 Å². The van der Waals surface area contributed by atoms with Crippen LogP contribution in [0.2, 0.25) is 0 Å². The fourth-order valence-corrected chi connectivity index (χ4v) is 6.65. The largest absolute Gasteiger partial charge is 0.462 e. The Morgan fingerprint density at radius 1 is 1.30 bits per heavy atom. The number of esters is 1. The van der Waals surface area contributed by atoms with Gasteiger partial charge >= 0.3 is 12.6 Å². The summed E-state index contributed by atoms with van der Waals surface area (Å²) in [5, 5.41) is 16.8. The summed E-state index contributed by atoms with van der Waals surface area (Å²) >= 11 is 5.72. The molecule has 1 saturated heterocycles. The highest BCUT2D eigenvalue weighted by molar-refractivity contribution is 8.09. The monoisotopic (exact) mass is 596 g/mol. The number of hydrogen-bond acceptors (Lipinski definition) is 11. The highest BCUT2D eigenvalue weighted by atomic mass is 32.5. The van der Waals surface area contributed by atoms with E-state index in [1.165, 1.54) is 17.8 Å². The van der Waals surface area contributed by atoms with Gasteiger partial charge in [-0.05, 0) is 58.6 Å². The lowest BCUT2D eigenvalue weighted by atomic mass is 9.98. The van der Waals surface area contributed by atoms with E-state index in [0.29, 0.717) is 28.6 Å². The molecule has 3 aromatic rings. The van der Waals surface area contributed by atoms with E-state index in [2.05, 4.69) is 25.4 Å². The van der Waals surface area contributed by atoms with Crippen LogP contribution >= 0.6 is 6.64 Å². The highest BCUT2D eigenvalue weighted by Gasteiger charge is 2.55. The average Bonchev–Trinajstić information content (AvgIpc) is 3.40. The number of aromatic nitrogens is 4. The molecule has 0 spiro atoms. The molecule has 0 saturated carbocycles. The molecule has 1 unspecified atom stereocenters. The summed E-state index contributed by atoms with van der Waals surface area (Å²) in [4.78, 5) is 25.5. The van der Waals surface area contributed by atoms with E-state index in [4.69, 9.17) is 30.3 Å². The minimum Gasteiger partial charge on any atom is -0.462 e. The average molecular weight is 597 g/mol. The van der Waals surface area contributed by atoms with Gasteiger partial charge in [0.05, 0.1) is 19.0 Å². The predicted octanol–water partition coefficient (Wildman–Crippen LogP) is 3.41. The SMILES string of the molecule is CNc1nc(C)nc2c1ncn2[C@@H]1O[C@H](COP(=S)(N[C@@H](C)C(=O)OC(C)C)Oc2ccccc2)[C@@H](O)[C@@]1(C)F. The number of anilines is 1. The Hall–Kier alpha value is -2.74. The van der Waals surface area contributed by atoms with Crippen molar-refractivity contribution in [1.29, 1.82) is 0 Å². The molecule has 15 heteroatoms. The van der Waals surface area contributed by atoms with Crippen LogP contribution < -0.4 is 14.9 Å². The fraction of sp³-hybridized carbons (Fsp3) is 0.520.